The molecule has 0 spiro atoms. The van der Waals surface area contributed by atoms with Crippen molar-refractivity contribution in [2.75, 3.05) is 0 Å². The SMILES string of the molecule is O=c1oc2ccc(O)cc2cc1Cl. The maximum absolute atomic E-state index is 11.0. The van der Waals surface area contributed by atoms with Crippen molar-refractivity contribution in [1.29, 1.82) is 0 Å². The molecule has 1 N–H and O–H groups in total. The fourth-order valence-corrected chi connectivity index (χ4v) is 1.24. The van der Waals surface area contributed by atoms with Gasteiger partial charge in [0.2, 0.25) is 0 Å². The molecular formula is C9H5ClO3. The summed E-state index contributed by atoms with van der Waals surface area (Å²) in [5.74, 6) is 0.109. The molecule has 13 heavy (non-hydrogen) atoms. The van der Waals surface area contributed by atoms with Crippen LogP contribution in [0.5, 0.6) is 5.75 Å². The molecule has 0 aliphatic rings. The van der Waals surface area contributed by atoms with Crippen LogP contribution < -0.4 is 5.63 Å². The van der Waals surface area contributed by atoms with Gasteiger partial charge in [-0.2, -0.15) is 0 Å². The van der Waals surface area contributed by atoms with E-state index in [1.54, 1.807) is 0 Å². The van der Waals surface area contributed by atoms with Crippen molar-refractivity contribution in [3.05, 3.63) is 39.7 Å². The van der Waals surface area contributed by atoms with E-state index >= 15 is 0 Å². The Morgan fingerprint density at radius 3 is 2.85 bits per heavy atom. The lowest BCUT2D eigenvalue weighted by Gasteiger charge is -1.96. The molecule has 0 aliphatic heterocycles. The minimum absolute atomic E-state index is 0.0121. The molecule has 3 nitrogen and oxygen atoms in total. The number of hydrogen-bond acceptors (Lipinski definition) is 3. The number of fused-ring (bicyclic) bond motifs is 1. The van der Waals surface area contributed by atoms with Crippen molar-refractivity contribution in [3.8, 4) is 5.75 Å². The van der Waals surface area contributed by atoms with Crippen LogP contribution in [0.4, 0.5) is 0 Å². The molecule has 4 heteroatoms. The molecule has 0 amide bonds. The van der Waals surface area contributed by atoms with E-state index < -0.39 is 5.63 Å². The van der Waals surface area contributed by atoms with Gasteiger partial charge in [-0.25, -0.2) is 4.79 Å². The van der Waals surface area contributed by atoms with E-state index in [9.17, 15) is 4.79 Å². The third-order valence-corrected chi connectivity index (χ3v) is 1.94. The zero-order valence-corrected chi connectivity index (χ0v) is 7.21. The second kappa shape index (κ2) is 2.78. The lowest BCUT2D eigenvalue weighted by Crippen LogP contribution is -1.97. The predicted octanol–water partition coefficient (Wildman–Crippen LogP) is 2.15. The van der Waals surface area contributed by atoms with Gasteiger partial charge in [0.05, 0.1) is 0 Å². The Bertz CT molecular complexity index is 516. The van der Waals surface area contributed by atoms with Gasteiger partial charge in [-0.3, -0.25) is 0 Å². The van der Waals surface area contributed by atoms with Crippen molar-refractivity contribution in [2.45, 2.75) is 0 Å². The first-order valence-corrected chi connectivity index (χ1v) is 3.97. The summed E-state index contributed by atoms with van der Waals surface area (Å²) in [4.78, 5) is 11.0. The fourth-order valence-electron chi connectivity index (χ4n) is 1.09. The topological polar surface area (TPSA) is 50.4 Å². The highest BCUT2D eigenvalue weighted by atomic mass is 35.5. The number of aromatic hydroxyl groups is 1. The van der Waals surface area contributed by atoms with Gasteiger partial charge in [0, 0.05) is 5.39 Å². The fraction of sp³-hybridized carbons (Fsp3) is 0. The molecule has 66 valence electrons. The third-order valence-electron chi connectivity index (χ3n) is 1.67. The van der Waals surface area contributed by atoms with Crippen molar-refractivity contribution >= 4 is 22.6 Å². The van der Waals surface area contributed by atoms with Crippen molar-refractivity contribution in [2.24, 2.45) is 0 Å². The molecule has 1 heterocycles. The maximum atomic E-state index is 11.0. The second-order valence-electron chi connectivity index (χ2n) is 2.60. The maximum Gasteiger partial charge on any atom is 0.355 e. The Hall–Kier alpha value is -1.48. The highest BCUT2D eigenvalue weighted by Crippen LogP contribution is 2.20. The van der Waals surface area contributed by atoms with Gasteiger partial charge in [-0.05, 0) is 24.3 Å². The Balaban J connectivity index is 2.89. The molecule has 0 aliphatic carbocycles. The van der Waals surface area contributed by atoms with E-state index in [4.69, 9.17) is 21.1 Å². The van der Waals surface area contributed by atoms with Crippen LogP contribution in [0, 0.1) is 0 Å². The number of hydrogen-bond donors (Lipinski definition) is 1. The first-order valence-electron chi connectivity index (χ1n) is 3.59. The van der Waals surface area contributed by atoms with Gasteiger partial charge in [0.25, 0.3) is 0 Å². The molecule has 0 bridgehead atoms. The van der Waals surface area contributed by atoms with Crippen LogP contribution in [0.25, 0.3) is 11.0 Å². The van der Waals surface area contributed by atoms with E-state index in [-0.39, 0.29) is 10.8 Å². The largest absolute Gasteiger partial charge is 0.508 e. The van der Waals surface area contributed by atoms with Gasteiger partial charge in [-0.1, -0.05) is 11.6 Å². The summed E-state index contributed by atoms with van der Waals surface area (Å²) in [6.45, 7) is 0. The van der Waals surface area contributed by atoms with E-state index in [2.05, 4.69) is 0 Å². The molecule has 2 aromatic rings. The van der Waals surface area contributed by atoms with Gasteiger partial charge in [0.1, 0.15) is 16.4 Å². The normalized spacial score (nSPS) is 10.5. The van der Waals surface area contributed by atoms with Crippen LogP contribution >= 0.6 is 11.6 Å². The van der Waals surface area contributed by atoms with E-state index in [0.717, 1.165) is 0 Å². The highest BCUT2D eigenvalue weighted by molar-refractivity contribution is 6.30. The van der Waals surface area contributed by atoms with Crippen LogP contribution in [-0.4, -0.2) is 5.11 Å². The number of halogens is 1. The predicted molar refractivity (Wildman–Crippen MR) is 49.2 cm³/mol. The summed E-state index contributed by atoms with van der Waals surface area (Å²) in [5, 5.41) is 9.74. The molecule has 1 aromatic heterocycles. The number of phenols is 1. The first-order chi connectivity index (χ1) is 6.16. The molecule has 0 saturated carbocycles. The van der Waals surface area contributed by atoms with Crippen LogP contribution in [0.2, 0.25) is 5.02 Å². The zero-order chi connectivity index (χ0) is 9.42. The minimum atomic E-state index is -0.570. The average molecular weight is 197 g/mol. The average Bonchev–Trinajstić information content (AvgIpc) is 2.08. The van der Waals surface area contributed by atoms with Crippen molar-refractivity contribution in [1.82, 2.24) is 0 Å². The second-order valence-corrected chi connectivity index (χ2v) is 3.01. The molecule has 0 fully saturated rings. The molecule has 0 atom stereocenters. The monoisotopic (exact) mass is 196 g/mol. The van der Waals surface area contributed by atoms with Crippen LogP contribution in [0.1, 0.15) is 0 Å². The summed E-state index contributed by atoms with van der Waals surface area (Å²) >= 11 is 5.55. The van der Waals surface area contributed by atoms with E-state index in [1.807, 2.05) is 0 Å². The Kier molecular flexibility index (Phi) is 1.74. The number of phenolic OH excluding ortho intramolecular Hbond substituents is 1. The summed E-state index contributed by atoms with van der Waals surface area (Å²) in [6, 6.07) is 5.90. The standard InChI is InChI=1S/C9H5ClO3/c10-7-4-5-3-6(11)1-2-8(5)13-9(7)12/h1-4,11H. The van der Waals surface area contributed by atoms with Gasteiger partial charge in [0.15, 0.2) is 0 Å². The van der Waals surface area contributed by atoms with Crippen LogP contribution in [0.3, 0.4) is 0 Å². The van der Waals surface area contributed by atoms with E-state index in [1.165, 1.54) is 24.3 Å². The smallest absolute Gasteiger partial charge is 0.355 e. The van der Waals surface area contributed by atoms with Gasteiger partial charge < -0.3 is 9.52 Å². The van der Waals surface area contributed by atoms with Gasteiger partial charge in [-0.15, -0.1) is 0 Å². The summed E-state index contributed by atoms with van der Waals surface area (Å²) < 4.78 is 4.85. The Morgan fingerprint density at radius 2 is 2.08 bits per heavy atom. The van der Waals surface area contributed by atoms with Crippen LogP contribution in [-0.2, 0) is 0 Å². The quantitative estimate of drug-likeness (QED) is 0.657. The molecule has 0 unspecified atom stereocenters. The highest BCUT2D eigenvalue weighted by Gasteiger charge is 2.02. The van der Waals surface area contributed by atoms with Crippen molar-refractivity contribution in [3.63, 3.8) is 0 Å². The summed E-state index contributed by atoms with van der Waals surface area (Å²) in [5.41, 5.74) is -0.160. The molecule has 2 rings (SSSR count). The molecule has 0 saturated heterocycles. The number of benzene rings is 1. The minimum Gasteiger partial charge on any atom is -0.508 e. The van der Waals surface area contributed by atoms with Crippen LogP contribution in [0.15, 0.2) is 33.5 Å². The van der Waals surface area contributed by atoms with Gasteiger partial charge >= 0.3 is 5.63 Å². The molecule has 1 aromatic carbocycles. The Morgan fingerprint density at radius 1 is 1.31 bits per heavy atom. The summed E-state index contributed by atoms with van der Waals surface area (Å²) in [7, 11) is 0. The summed E-state index contributed by atoms with van der Waals surface area (Å²) in [6.07, 6.45) is 0. The third kappa shape index (κ3) is 1.38. The van der Waals surface area contributed by atoms with Crippen molar-refractivity contribution < 1.29 is 9.52 Å². The lowest BCUT2D eigenvalue weighted by molar-refractivity contribution is 0.475. The number of rotatable bonds is 0. The first kappa shape index (κ1) is 8.13. The Labute approximate surface area is 78.2 Å². The zero-order valence-electron chi connectivity index (χ0n) is 6.45. The van der Waals surface area contributed by atoms with E-state index in [0.29, 0.717) is 11.0 Å². The molecular weight excluding hydrogens is 192 g/mol. The lowest BCUT2D eigenvalue weighted by atomic mass is 10.2. The molecule has 0 radical (unpaired) electrons.